The number of hydrogen-bond donors (Lipinski definition) is 1. The van der Waals surface area contributed by atoms with E-state index in [1.165, 1.54) is 16.0 Å². The third kappa shape index (κ3) is 1.64. The minimum absolute atomic E-state index is 0.0839. The van der Waals surface area contributed by atoms with Crippen molar-refractivity contribution in [2.45, 2.75) is 25.2 Å². The van der Waals surface area contributed by atoms with Crippen LogP contribution in [0.5, 0.6) is 5.75 Å². The zero-order valence-corrected chi connectivity index (χ0v) is 10.6. The number of nitrogens with zero attached hydrogens (tertiary/aromatic N) is 1. The molecule has 3 rings (SSSR count). The van der Waals surface area contributed by atoms with Gasteiger partial charge in [0.1, 0.15) is 5.75 Å². The Morgan fingerprint density at radius 1 is 1.44 bits per heavy atom. The average Bonchev–Trinajstić information content (AvgIpc) is 2.52. The molecule has 0 bridgehead atoms. The number of carbonyl (C=O) groups is 1. The molecule has 0 unspecified atom stereocenters. The van der Waals surface area contributed by atoms with Crippen LogP contribution >= 0.6 is 0 Å². The second-order valence-electron chi connectivity index (χ2n) is 5.81. The van der Waals surface area contributed by atoms with Crippen LogP contribution in [0.2, 0.25) is 0 Å². The first-order chi connectivity index (χ1) is 8.47. The second kappa shape index (κ2) is 3.64. The van der Waals surface area contributed by atoms with Crippen molar-refractivity contribution in [3.8, 4) is 5.75 Å². The summed E-state index contributed by atoms with van der Waals surface area (Å²) in [5, 5.41) is 8.82. The van der Waals surface area contributed by atoms with Crippen LogP contribution in [-0.2, 0) is 5.41 Å². The first-order valence-electron chi connectivity index (χ1n) is 6.22. The van der Waals surface area contributed by atoms with Gasteiger partial charge in [-0.2, -0.15) is 0 Å². The van der Waals surface area contributed by atoms with E-state index in [1.807, 2.05) is 0 Å². The van der Waals surface area contributed by atoms with Crippen LogP contribution in [0.15, 0.2) is 18.2 Å². The van der Waals surface area contributed by atoms with E-state index in [2.05, 4.69) is 32.0 Å². The summed E-state index contributed by atoms with van der Waals surface area (Å²) in [6.07, 6.45) is -0.829. The van der Waals surface area contributed by atoms with Gasteiger partial charge in [0.15, 0.2) is 0 Å². The van der Waals surface area contributed by atoms with Crippen molar-refractivity contribution in [3.63, 3.8) is 0 Å². The van der Waals surface area contributed by atoms with Crippen LogP contribution < -0.4 is 4.74 Å². The highest BCUT2D eigenvalue weighted by atomic mass is 16.5. The number of likely N-dealkylation sites (tertiary alicyclic amines) is 1. The van der Waals surface area contributed by atoms with Crippen molar-refractivity contribution in [2.24, 2.45) is 0 Å². The van der Waals surface area contributed by atoms with Crippen LogP contribution in [-0.4, -0.2) is 35.8 Å². The van der Waals surface area contributed by atoms with Gasteiger partial charge in [-0.25, -0.2) is 4.79 Å². The van der Waals surface area contributed by atoms with Gasteiger partial charge in [-0.15, -0.1) is 0 Å². The Bertz CT molecular complexity index is 504. The molecule has 0 spiro atoms. The lowest BCUT2D eigenvalue weighted by atomic mass is 9.84. The van der Waals surface area contributed by atoms with Crippen molar-refractivity contribution in [1.29, 1.82) is 0 Å². The van der Waals surface area contributed by atoms with Crippen molar-refractivity contribution in [2.75, 3.05) is 19.7 Å². The van der Waals surface area contributed by atoms with Crippen LogP contribution in [0.1, 0.15) is 30.9 Å². The number of rotatable bonds is 1. The zero-order chi connectivity index (χ0) is 12.9. The van der Waals surface area contributed by atoms with E-state index in [4.69, 9.17) is 9.84 Å². The molecular formula is C14H17NO3. The van der Waals surface area contributed by atoms with Crippen LogP contribution in [0.3, 0.4) is 0 Å². The molecule has 4 nitrogen and oxygen atoms in total. The van der Waals surface area contributed by atoms with Crippen molar-refractivity contribution in [1.82, 2.24) is 4.90 Å². The van der Waals surface area contributed by atoms with Gasteiger partial charge < -0.3 is 14.7 Å². The predicted octanol–water partition coefficient (Wildman–Crippen LogP) is 2.43. The van der Waals surface area contributed by atoms with Gasteiger partial charge in [0.25, 0.3) is 0 Å². The molecule has 1 saturated heterocycles. The van der Waals surface area contributed by atoms with E-state index in [0.29, 0.717) is 19.0 Å². The Morgan fingerprint density at radius 2 is 2.17 bits per heavy atom. The average molecular weight is 247 g/mol. The van der Waals surface area contributed by atoms with E-state index >= 15 is 0 Å². The summed E-state index contributed by atoms with van der Waals surface area (Å²) in [4.78, 5) is 12.2. The Balaban J connectivity index is 1.79. The van der Waals surface area contributed by atoms with Gasteiger partial charge in [0.2, 0.25) is 0 Å². The maximum atomic E-state index is 10.7. The van der Waals surface area contributed by atoms with Crippen LogP contribution in [0, 0.1) is 0 Å². The molecule has 0 aliphatic carbocycles. The molecule has 1 amide bonds. The fourth-order valence-corrected chi connectivity index (χ4v) is 2.65. The minimum Gasteiger partial charge on any atom is -0.492 e. The molecule has 1 N–H and O–H groups in total. The highest BCUT2D eigenvalue weighted by molar-refractivity contribution is 5.66. The maximum Gasteiger partial charge on any atom is 0.407 e. The van der Waals surface area contributed by atoms with E-state index < -0.39 is 6.09 Å². The largest absolute Gasteiger partial charge is 0.492 e. The molecule has 2 heterocycles. The lowest BCUT2D eigenvalue weighted by Crippen LogP contribution is -2.47. The Kier molecular flexibility index (Phi) is 2.30. The zero-order valence-electron chi connectivity index (χ0n) is 10.6. The fourth-order valence-electron chi connectivity index (χ4n) is 2.65. The fraction of sp³-hybridized carbons (Fsp3) is 0.500. The molecule has 4 heteroatoms. The molecule has 0 aromatic heterocycles. The number of amides is 1. The van der Waals surface area contributed by atoms with Crippen molar-refractivity contribution < 1.29 is 14.6 Å². The minimum atomic E-state index is -0.829. The van der Waals surface area contributed by atoms with E-state index in [0.717, 1.165) is 12.4 Å². The van der Waals surface area contributed by atoms with Crippen molar-refractivity contribution in [3.05, 3.63) is 29.3 Å². The summed E-state index contributed by atoms with van der Waals surface area (Å²) in [6.45, 7) is 6.26. The van der Waals surface area contributed by atoms with Crippen LogP contribution in [0.4, 0.5) is 4.79 Å². The normalized spacial score (nSPS) is 21.1. The molecule has 1 aromatic carbocycles. The maximum absolute atomic E-state index is 10.7. The van der Waals surface area contributed by atoms with Gasteiger partial charge >= 0.3 is 6.09 Å². The molecule has 96 valence electrons. The molecule has 0 atom stereocenters. The Labute approximate surface area is 106 Å². The smallest absolute Gasteiger partial charge is 0.407 e. The number of ether oxygens (including phenoxy) is 1. The molecule has 2 aliphatic rings. The lowest BCUT2D eigenvalue weighted by Gasteiger charge is -2.37. The molecular weight excluding hydrogens is 230 g/mol. The summed E-state index contributed by atoms with van der Waals surface area (Å²) < 4.78 is 5.72. The third-order valence-electron chi connectivity index (χ3n) is 3.95. The van der Waals surface area contributed by atoms with Gasteiger partial charge in [-0.1, -0.05) is 26.0 Å². The second-order valence-corrected chi connectivity index (χ2v) is 5.81. The summed E-state index contributed by atoms with van der Waals surface area (Å²) in [5.41, 5.74) is 2.52. The standard InChI is InChI=1S/C14H17NO3/c1-14(2)8-18-12-5-9(3-4-11(12)14)10-6-15(7-10)13(16)17/h3-5,10H,6-8H2,1-2H3,(H,16,17). The third-order valence-corrected chi connectivity index (χ3v) is 3.95. The number of benzene rings is 1. The van der Waals surface area contributed by atoms with Gasteiger partial charge in [0.05, 0.1) is 6.61 Å². The summed E-state index contributed by atoms with van der Waals surface area (Å²) >= 11 is 0. The lowest BCUT2D eigenvalue weighted by molar-refractivity contribution is 0.105. The first kappa shape index (κ1) is 11.4. The highest BCUT2D eigenvalue weighted by Crippen LogP contribution is 2.40. The summed E-state index contributed by atoms with van der Waals surface area (Å²) in [7, 11) is 0. The molecule has 1 fully saturated rings. The summed E-state index contributed by atoms with van der Waals surface area (Å²) in [6, 6.07) is 6.31. The number of fused-ring (bicyclic) bond motifs is 1. The Morgan fingerprint density at radius 3 is 2.83 bits per heavy atom. The molecule has 0 saturated carbocycles. The monoisotopic (exact) mass is 247 g/mol. The van der Waals surface area contributed by atoms with E-state index in [9.17, 15) is 4.79 Å². The number of carboxylic acid groups (broad SMARTS) is 1. The van der Waals surface area contributed by atoms with Gasteiger partial charge in [0, 0.05) is 30.0 Å². The molecule has 1 aromatic rings. The Hall–Kier alpha value is -1.71. The van der Waals surface area contributed by atoms with E-state index in [-0.39, 0.29) is 5.41 Å². The van der Waals surface area contributed by atoms with Gasteiger partial charge in [-0.05, 0) is 11.6 Å². The molecule has 0 radical (unpaired) electrons. The highest BCUT2D eigenvalue weighted by Gasteiger charge is 2.35. The molecule has 2 aliphatic heterocycles. The topological polar surface area (TPSA) is 49.8 Å². The first-order valence-corrected chi connectivity index (χ1v) is 6.22. The number of hydrogen-bond acceptors (Lipinski definition) is 2. The quantitative estimate of drug-likeness (QED) is 0.829. The summed E-state index contributed by atoms with van der Waals surface area (Å²) in [5.74, 6) is 1.28. The van der Waals surface area contributed by atoms with Crippen molar-refractivity contribution >= 4 is 6.09 Å². The van der Waals surface area contributed by atoms with E-state index in [1.54, 1.807) is 0 Å². The van der Waals surface area contributed by atoms with Gasteiger partial charge in [-0.3, -0.25) is 0 Å². The predicted molar refractivity (Wildman–Crippen MR) is 67.3 cm³/mol. The molecule has 18 heavy (non-hydrogen) atoms. The SMILES string of the molecule is CC1(C)COc2cc(C3CN(C(=O)O)C3)ccc21. The van der Waals surface area contributed by atoms with Crippen LogP contribution in [0.25, 0.3) is 0 Å².